The van der Waals surface area contributed by atoms with E-state index in [1.54, 1.807) is 18.9 Å². The quantitative estimate of drug-likeness (QED) is 0.873. The molecule has 0 saturated carbocycles. The largest absolute Gasteiger partial charge is 0.497 e. The average molecular weight is 302 g/mol. The first-order chi connectivity index (χ1) is 7.74. The van der Waals surface area contributed by atoms with Gasteiger partial charge in [-0.3, -0.25) is 4.79 Å². The highest BCUT2D eigenvalue weighted by Gasteiger charge is 2.26. The van der Waals surface area contributed by atoms with Crippen LogP contribution in [0.2, 0.25) is 0 Å². The van der Waals surface area contributed by atoms with Crippen LogP contribution in [0, 0.1) is 0 Å². The molecule has 16 heavy (non-hydrogen) atoms. The molecule has 2 rings (SSSR count). The van der Waals surface area contributed by atoms with Crippen LogP contribution in [0.5, 0.6) is 5.75 Å². The van der Waals surface area contributed by atoms with Crippen LogP contribution in [0.15, 0.2) is 23.1 Å². The molecule has 1 aromatic rings. The molecule has 1 amide bonds. The van der Waals surface area contributed by atoms with Crippen LogP contribution < -0.4 is 10.1 Å². The summed E-state index contributed by atoms with van der Waals surface area (Å²) in [5, 5.41) is 3.73. The molecular weight excluding hydrogens is 290 g/mol. The Morgan fingerprint density at radius 1 is 1.56 bits per heavy atom. The van der Waals surface area contributed by atoms with Gasteiger partial charge in [0, 0.05) is 10.2 Å². The molecule has 0 saturated heterocycles. The predicted octanol–water partition coefficient (Wildman–Crippen LogP) is 2.89. The zero-order valence-electron chi connectivity index (χ0n) is 8.83. The minimum Gasteiger partial charge on any atom is -0.497 e. The second-order valence-corrected chi connectivity index (χ2v) is 5.47. The van der Waals surface area contributed by atoms with E-state index in [-0.39, 0.29) is 11.2 Å². The molecule has 1 N–H and O–H groups in total. The van der Waals surface area contributed by atoms with Gasteiger partial charge < -0.3 is 10.1 Å². The molecular formula is C11H12BrNO2S. The molecule has 1 aromatic carbocycles. The molecule has 1 atom stereocenters. The summed E-state index contributed by atoms with van der Waals surface area (Å²) in [6.45, 7) is 0. The zero-order chi connectivity index (χ0) is 11.5. The maximum atomic E-state index is 11.7. The van der Waals surface area contributed by atoms with Crippen LogP contribution in [-0.2, 0) is 4.79 Å². The van der Waals surface area contributed by atoms with Crippen LogP contribution in [-0.4, -0.2) is 23.6 Å². The summed E-state index contributed by atoms with van der Waals surface area (Å²) in [5.74, 6) is 0.905. The Bertz CT molecular complexity index is 411. The normalized spacial score (nSPS) is 18.9. The number of halogens is 1. The minimum atomic E-state index is -0.0148. The van der Waals surface area contributed by atoms with Gasteiger partial charge in [0.15, 0.2) is 0 Å². The van der Waals surface area contributed by atoms with Crippen molar-refractivity contribution in [3.63, 3.8) is 0 Å². The highest BCUT2D eigenvalue weighted by molar-refractivity contribution is 9.09. The van der Waals surface area contributed by atoms with Gasteiger partial charge in [0.25, 0.3) is 0 Å². The Morgan fingerprint density at radius 3 is 3.06 bits per heavy atom. The van der Waals surface area contributed by atoms with E-state index in [0.29, 0.717) is 0 Å². The van der Waals surface area contributed by atoms with Gasteiger partial charge in [-0.05, 0) is 24.6 Å². The minimum absolute atomic E-state index is 0.0148. The van der Waals surface area contributed by atoms with Crippen LogP contribution in [0.3, 0.4) is 0 Å². The Hall–Kier alpha value is -0.680. The first-order valence-electron chi connectivity index (χ1n) is 4.96. The number of fused-ring (bicyclic) bond motifs is 1. The van der Waals surface area contributed by atoms with Gasteiger partial charge in [-0.15, -0.1) is 11.8 Å². The van der Waals surface area contributed by atoms with Crippen molar-refractivity contribution in [2.75, 3.05) is 17.8 Å². The van der Waals surface area contributed by atoms with Crippen molar-refractivity contribution in [2.24, 2.45) is 0 Å². The number of ether oxygens (including phenoxy) is 1. The number of rotatable bonds is 3. The first-order valence-corrected chi connectivity index (χ1v) is 6.96. The molecule has 1 aliphatic rings. The van der Waals surface area contributed by atoms with Crippen LogP contribution in [0.25, 0.3) is 0 Å². The number of carbonyl (C=O) groups is 1. The van der Waals surface area contributed by atoms with Crippen LogP contribution >= 0.6 is 27.7 Å². The lowest BCUT2D eigenvalue weighted by molar-refractivity contribution is -0.115. The third kappa shape index (κ3) is 2.35. The number of alkyl halides is 1. The topological polar surface area (TPSA) is 38.3 Å². The van der Waals surface area contributed by atoms with Crippen molar-refractivity contribution in [2.45, 2.75) is 16.6 Å². The van der Waals surface area contributed by atoms with E-state index in [1.807, 2.05) is 18.2 Å². The smallest absolute Gasteiger partial charge is 0.237 e. The Labute approximate surface area is 107 Å². The van der Waals surface area contributed by atoms with Gasteiger partial charge in [0.1, 0.15) is 5.75 Å². The Morgan fingerprint density at radius 2 is 2.38 bits per heavy atom. The zero-order valence-corrected chi connectivity index (χ0v) is 11.2. The molecule has 5 heteroatoms. The molecule has 86 valence electrons. The lowest BCUT2D eigenvalue weighted by atomic mass is 10.2. The fraction of sp³-hybridized carbons (Fsp3) is 0.364. The molecule has 0 radical (unpaired) electrons. The summed E-state index contributed by atoms with van der Waals surface area (Å²) in [6.07, 6.45) is 0.827. The summed E-state index contributed by atoms with van der Waals surface area (Å²) in [5.41, 5.74) is 0.877. The molecule has 0 bridgehead atoms. The highest BCUT2D eigenvalue weighted by atomic mass is 79.9. The van der Waals surface area contributed by atoms with Crippen LogP contribution in [0.4, 0.5) is 5.69 Å². The maximum Gasteiger partial charge on any atom is 0.237 e. The van der Waals surface area contributed by atoms with Crippen LogP contribution in [0.1, 0.15) is 6.42 Å². The molecule has 0 aromatic heterocycles. The molecule has 0 fully saturated rings. The summed E-state index contributed by atoms with van der Waals surface area (Å²) in [4.78, 5) is 12.8. The van der Waals surface area contributed by atoms with Crippen molar-refractivity contribution in [1.29, 1.82) is 0 Å². The molecule has 1 aliphatic heterocycles. The molecule has 0 aliphatic carbocycles. The van der Waals surface area contributed by atoms with Crippen molar-refractivity contribution in [3.8, 4) is 5.75 Å². The Balaban J connectivity index is 2.25. The summed E-state index contributed by atoms with van der Waals surface area (Å²) < 4.78 is 5.17. The summed E-state index contributed by atoms with van der Waals surface area (Å²) in [7, 11) is 1.64. The summed E-state index contributed by atoms with van der Waals surface area (Å²) >= 11 is 4.96. The number of nitrogens with one attached hydrogen (secondary N) is 1. The number of amides is 1. The Kier molecular flexibility index (Phi) is 3.76. The first kappa shape index (κ1) is 11.8. The second-order valence-electron chi connectivity index (χ2n) is 3.44. The van der Waals surface area contributed by atoms with E-state index in [2.05, 4.69) is 21.2 Å². The third-order valence-electron chi connectivity index (χ3n) is 2.38. The molecule has 1 unspecified atom stereocenters. The van der Waals surface area contributed by atoms with E-state index in [4.69, 9.17) is 4.74 Å². The monoisotopic (exact) mass is 301 g/mol. The van der Waals surface area contributed by atoms with Gasteiger partial charge in [-0.25, -0.2) is 0 Å². The number of methoxy groups -OCH3 is 1. The van der Waals surface area contributed by atoms with Crippen molar-refractivity contribution < 1.29 is 9.53 Å². The SMILES string of the molecule is COc1ccc2c(c1)SC(CCBr)C(=O)N2. The fourth-order valence-corrected chi connectivity index (χ4v) is 3.44. The number of benzene rings is 1. The molecule has 3 nitrogen and oxygen atoms in total. The fourth-order valence-electron chi connectivity index (χ4n) is 1.54. The number of anilines is 1. The van der Waals surface area contributed by atoms with E-state index in [0.717, 1.165) is 28.1 Å². The van der Waals surface area contributed by atoms with Crippen molar-refractivity contribution in [3.05, 3.63) is 18.2 Å². The van der Waals surface area contributed by atoms with E-state index >= 15 is 0 Å². The predicted molar refractivity (Wildman–Crippen MR) is 69.7 cm³/mol. The van der Waals surface area contributed by atoms with Gasteiger partial charge in [-0.1, -0.05) is 15.9 Å². The van der Waals surface area contributed by atoms with Gasteiger partial charge >= 0.3 is 0 Å². The number of carbonyl (C=O) groups excluding carboxylic acids is 1. The van der Waals surface area contributed by atoms with E-state index in [1.165, 1.54) is 0 Å². The second kappa shape index (κ2) is 5.10. The lowest BCUT2D eigenvalue weighted by Gasteiger charge is -2.23. The molecule has 1 heterocycles. The highest BCUT2D eigenvalue weighted by Crippen LogP contribution is 2.39. The number of hydrogen-bond donors (Lipinski definition) is 1. The van der Waals surface area contributed by atoms with Crippen molar-refractivity contribution in [1.82, 2.24) is 0 Å². The van der Waals surface area contributed by atoms with Gasteiger partial charge in [0.2, 0.25) is 5.91 Å². The maximum absolute atomic E-state index is 11.7. The summed E-state index contributed by atoms with van der Waals surface area (Å²) in [6, 6.07) is 5.69. The third-order valence-corrected chi connectivity index (χ3v) is 4.16. The lowest BCUT2D eigenvalue weighted by Crippen LogP contribution is -2.29. The average Bonchev–Trinajstić information content (AvgIpc) is 2.30. The van der Waals surface area contributed by atoms with E-state index < -0.39 is 0 Å². The van der Waals surface area contributed by atoms with Gasteiger partial charge in [-0.2, -0.15) is 0 Å². The van der Waals surface area contributed by atoms with Crippen molar-refractivity contribution >= 4 is 39.3 Å². The van der Waals surface area contributed by atoms with E-state index in [9.17, 15) is 4.79 Å². The number of hydrogen-bond acceptors (Lipinski definition) is 3. The number of thioether (sulfide) groups is 1. The standard InChI is InChI=1S/C11H12BrNO2S/c1-15-7-2-3-8-10(6-7)16-9(4-5-12)11(14)13-8/h2-3,6,9H,4-5H2,1H3,(H,13,14). The van der Waals surface area contributed by atoms with Gasteiger partial charge in [0.05, 0.1) is 18.0 Å². The molecule has 0 spiro atoms.